The summed E-state index contributed by atoms with van der Waals surface area (Å²) in [6.45, 7) is 10.1. The Morgan fingerprint density at radius 2 is 1.95 bits per heavy atom. The summed E-state index contributed by atoms with van der Waals surface area (Å²) in [4.78, 5) is 4.73. The van der Waals surface area contributed by atoms with Crippen molar-refractivity contribution in [3.8, 4) is 11.3 Å². The Balaban J connectivity index is 2.54. The van der Waals surface area contributed by atoms with Crippen molar-refractivity contribution in [1.29, 1.82) is 0 Å². The van der Waals surface area contributed by atoms with E-state index < -0.39 is 0 Å². The van der Waals surface area contributed by atoms with Crippen molar-refractivity contribution in [1.82, 2.24) is 4.98 Å². The number of allylic oxidation sites excluding steroid dienone is 1. The molecule has 0 aliphatic heterocycles. The molecule has 0 spiro atoms. The van der Waals surface area contributed by atoms with E-state index in [2.05, 4.69) is 27.4 Å². The lowest BCUT2D eigenvalue weighted by molar-refractivity contribution is 0.569. The molecule has 1 aromatic carbocycles. The van der Waals surface area contributed by atoms with Crippen molar-refractivity contribution >= 4 is 0 Å². The fourth-order valence-corrected chi connectivity index (χ4v) is 2.14. The minimum absolute atomic E-state index is 0.00532. The Kier molecular flexibility index (Phi) is 4.03. The zero-order valence-corrected chi connectivity index (χ0v) is 12.3. The van der Waals surface area contributed by atoms with Crippen LogP contribution in [-0.2, 0) is 11.8 Å². The summed E-state index contributed by atoms with van der Waals surface area (Å²) in [6, 6.07) is 10.8. The Morgan fingerprint density at radius 1 is 1.20 bits per heavy atom. The third kappa shape index (κ3) is 3.13. The highest BCUT2D eigenvalue weighted by atomic mass is 19.1. The van der Waals surface area contributed by atoms with Crippen LogP contribution < -0.4 is 0 Å². The standard InChI is InChI=1S/C18H20FN/c1-5-7-13-12-14(19)10-11-15(13)16-8-6-9-17(20-16)18(2,3)4/h5-6,8-12H,1,7H2,2-4H3. The molecule has 104 valence electrons. The van der Waals surface area contributed by atoms with Crippen LogP contribution in [0.15, 0.2) is 49.1 Å². The normalized spacial score (nSPS) is 11.4. The zero-order chi connectivity index (χ0) is 14.8. The van der Waals surface area contributed by atoms with Gasteiger partial charge in [-0.15, -0.1) is 6.58 Å². The molecule has 0 saturated carbocycles. The second-order valence-electron chi connectivity index (χ2n) is 5.95. The molecule has 0 amide bonds. The summed E-state index contributed by atoms with van der Waals surface area (Å²) in [6.07, 6.45) is 2.42. The fourth-order valence-electron chi connectivity index (χ4n) is 2.14. The van der Waals surface area contributed by atoms with Crippen LogP contribution in [0.3, 0.4) is 0 Å². The molecule has 2 heteroatoms. The molecule has 2 aromatic rings. The molecule has 0 aliphatic rings. The molecule has 0 radical (unpaired) electrons. The smallest absolute Gasteiger partial charge is 0.123 e. The summed E-state index contributed by atoms with van der Waals surface area (Å²) < 4.78 is 13.4. The van der Waals surface area contributed by atoms with Gasteiger partial charge >= 0.3 is 0 Å². The molecule has 1 aromatic heterocycles. The van der Waals surface area contributed by atoms with E-state index >= 15 is 0 Å². The third-order valence-electron chi connectivity index (χ3n) is 3.23. The topological polar surface area (TPSA) is 12.9 Å². The summed E-state index contributed by atoms with van der Waals surface area (Å²) >= 11 is 0. The van der Waals surface area contributed by atoms with E-state index in [4.69, 9.17) is 4.98 Å². The number of halogens is 1. The molecule has 0 fully saturated rings. The molecule has 0 saturated heterocycles. The van der Waals surface area contributed by atoms with Crippen LogP contribution >= 0.6 is 0 Å². The van der Waals surface area contributed by atoms with Gasteiger partial charge in [-0.25, -0.2) is 4.39 Å². The monoisotopic (exact) mass is 269 g/mol. The number of aromatic nitrogens is 1. The van der Waals surface area contributed by atoms with Crippen molar-refractivity contribution in [2.75, 3.05) is 0 Å². The van der Waals surface area contributed by atoms with Gasteiger partial charge in [-0.05, 0) is 42.3 Å². The summed E-state index contributed by atoms with van der Waals surface area (Å²) in [7, 11) is 0. The Hall–Kier alpha value is -1.96. The highest BCUT2D eigenvalue weighted by Gasteiger charge is 2.16. The van der Waals surface area contributed by atoms with Crippen LogP contribution in [0.1, 0.15) is 32.0 Å². The van der Waals surface area contributed by atoms with Crippen LogP contribution in [-0.4, -0.2) is 4.98 Å². The van der Waals surface area contributed by atoms with Crippen LogP contribution in [0.4, 0.5) is 4.39 Å². The van der Waals surface area contributed by atoms with Crippen molar-refractivity contribution < 1.29 is 4.39 Å². The minimum atomic E-state index is -0.224. The Morgan fingerprint density at radius 3 is 2.60 bits per heavy atom. The van der Waals surface area contributed by atoms with Gasteiger partial charge < -0.3 is 0 Å². The molecule has 0 unspecified atom stereocenters. The number of rotatable bonds is 3. The number of hydrogen-bond acceptors (Lipinski definition) is 1. The predicted molar refractivity (Wildman–Crippen MR) is 82.2 cm³/mol. The van der Waals surface area contributed by atoms with Crippen molar-refractivity contribution in [2.45, 2.75) is 32.6 Å². The maximum absolute atomic E-state index is 13.4. The van der Waals surface area contributed by atoms with Gasteiger partial charge in [0.2, 0.25) is 0 Å². The van der Waals surface area contributed by atoms with Gasteiger partial charge in [0, 0.05) is 16.7 Å². The highest BCUT2D eigenvalue weighted by Crippen LogP contribution is 2.27. The molecule has 1 heterocycles. The fraction of sp³-hybridized carbons (Fsp3) is 0.278. The average molecular weight is 269 g/mol. The van der Waals surface area contributed by atoms with Crippen molar-refractivity contribution in [3.63, 3.8) is 0 Å². The molecular formula is C18H20FN. The van der Waals surface area contributed by atoms with E-state index in [1.54, 1.807) is 18.2 Å². The van der Waals surface area contributed by atoms with E-state index in [0.717, 1.165) is 22.5 Å². The van der Waals surface area contributed by atoms with Gasteiger partial charge in [0.15, 0.2) is 0 Å². The maximum atomic E-state index is 13.4. The van der Waals surface area contributed by atoms with Gasteiger partial charge in [0.05, 0.1) is 5.69 Å². The van der Waals surface area contributed by atoms with E-state index in [-0.39, 0.29) is 11.2 Å². The van der Waals surface area contributed by atoms with Crippen LogP contribution in [0.5, 0.6) is 0 Å². The average Bonchev–Trinajstić information content (AvgIpc) is 2.38. The molecular weight excluding hydrogens is 249 g/mol. The predicted octanol–water partition coefficient (Wildman–Crippen LogP) is 4.91. The zero-order valence-electron chi connectivity index (χ0n) is 12.3. The first-order valence-electron chi connectivity index (χ1n) is 6.79. The second kappa shape index (κ2) is 5.58. The lowest BCUT2D eigenvalue weighted by Gasteiger charge is -2.19. The van der Waals surface area contributed by atoms with E-state index in [0.29, 0.717) is 6.42 Å². The van der Waals surface area contributed by atoms with E-state index in [1.807, 2.05) is 18.2 Å². The molecule has 2 rings (SSSR count). The van der Waals surface area contributed by atoms with E-state index in [1.165, 1.54) is 6.07 Å². The first kappa shape index (κ1) is 14.4. The molecule has 20 heavy (non-hydrogen) atoms. The Bertz CT molecular complexity index is 624. The molecule has 0 bridgehead atoms. The largest absolute Gasteiger partial charge is 0.252 e. The summed E-state index contributed by atoms with van der Waals surface area (Å²) in [5.74, 6) is -0.224. The maximum Gasteiger partial charge on any atom is 0.123 e. The number of pyridine rings is 1. The lowest BCUT2D eigenvalue weighted by atomic mass is 9.91. The SMILES string of the molecule is C=CCc1cc(F)ccc1-c1cccc(C(C)(C)C)n1. The van der Waals surface area contributed by atoms with Gasteiger partial charge in [-0.3, -0.25) is 4.98 Å². The molecule has 1 nitrogen and oxygen atoms in total. The second-order valence-corrected chi connectivity index (χ2v) is 5.95. The van der Waals surface area contributed by atoms with Crippen LogP contribution in [0.2, 0.25) is 0 Å². The molecule has 0 N–H and O–H groups in total. The van der Waals surface area contributed by atoms with Crippen molar-refractivity contribution in [3.05, 3.63) is 66.1 Å². The van der Waals surface area contributed by atoms with Crippen molar-refractivity contribution in [2.24, 2.45) is 0 Å². The number of hydrogen-bond donors (Lipinski definition) is 0. The van der Waals surface area contributed by atoms with Gasteiger partial charge in [0.1, 0.15) is 5.82 Å². The third-order valence-corrected chi connectivity index (χ3v) is 3.23. The van der Waals surface area contributed by atoms with Crippen LogP contribution in [0.25, 0.3) is 11.3 Å². The van der Waals surface area contributed by atoms with Gasteiger partial charge in [0.25, 0.3) is 0 Å². The highest BCUT2D eigenvalue weighted by molar-refractivity contribution is 5.64. The van der Waals surface area contributed by atoms with E-state index in [9.17, 15) is 4.39 Å². The number of benzene rings is 1. The van der Waals surface area contributed by atoms with Gasteiger partial charge in [-0.1, -0.05) is 32.9 Å². The van der Waals surface area contributed by atoms with Crippen LogP contribution in [0, 0.1) is 5.82 Å². The Labute approximate surface area is 120 Å². The quantitative estimate of drug-likeness (QED) is 0.721. The molecule has 0 aliphatic carbocycles. The van der Waals surface area contributed by atoms with Gasteiger partial charge in [-0.2, -0.15) is 0 Å². The minimum Gasteiger partial charge on any atom is -0.252 e. The number of nitrogens with zero attached hydrogens (tertiary/aromatic N) is 1. The summed E-state index contributed by atoms with van der Waals surface area (Å²) in [5.41, 5.74) is 3.79. The first-order chi connectivity index (χ1) is 9.41. The lowest BCUT2D eigenvalue weighted by Crippen LogP contribution is -2.13. The first-order valence-corrected chi connectivity index (χ1v) is 6.79. The summed E-state index contributed by atoms with van der Waals surface area (Å²) in [5, 5.41) is 0. The molecule has 0 atom stereocenters.